The van der Waals surface area contributed by atoms with Crippen molar-refractivity contribution in [1.82, 2.24) is 4.98 Å². The van der Waals surface area contributed by atoms with Crippen LogP contribution in [-0.4, -0.2) is 18.2 Å². The summed E-state index contributed by atoms with van der Waals surface area (Å²) in [5.74, 6) is 0. The molecule has 2 N–H and O–H groups in total. The molecular weight excluding hydrogens is 176 g/mol. The molecule has 0 fully saturated rings. The molecule has 0 bridgehead atoms. The SMILES string of the molecule is COC(C)C(N)c1cnc(C)c(C)c1. The van der Waals surface area contributed by atoms with Gasteiger partial charge in [0.05, 0.1) is 12.1 Å². The zero-order chi connectivity index (χ0) is 10.7. The second kappa shape index (κ2) is 4.53. The lowest BCUT2D eigenvalue weighted by Gasteiger charge is -2.19. The molecule has 1 aromatic rings. The fraction of sp³-hybridized carbons (Fsp3) is 0.545. The Bertz CT molecular complexity index is 312. The molecule has 0 amide bonds. The predicted octanol–water partition coefficient (Wildman–Crippen LogP) is 1.73. The molecule has 2 atom stereocenters. The highest BCUT2D eigenvalue weighted by molar-refractivity contribution is 5.25. The first-order chi connectivity index (χ1) is 6.56. The average molecular weight is 194 g/mol. The summed E-state index contributed by atoms with van der Waals surface area (Å²) in [5, 5.41) is 0. The summed E-state index contributed by atoms with van der Waals surface area (Å²) in [5.41, 5.74) is 9.25. The third-order valence-corrected chi connectivity index (χ3v) is 2.62. The van der Waals surface area contributed by atoms with Crippen molar-refractivity contribution < 1.29 is 4.74 Å². The molecule has 1 rings (SSSR count). The number of nitrogens with zero attached hydrogens (tertiary/aromatic N) is 1. The van der Waals surface area contributed by atoms with Crippen molar-refractivity contribution >= 4 is 0 Å². The van der Waals surface area contributed by atoms with Crippen LogP contribution in [0.3, 0.4) is 0 Å². The Labute approximate surface area is 85.3 Å². The van der Waals surface area contributed by atoms with Gasteiger partial charge in [-0.2, -0.15) is 0 Å². The molecule has 78 valence electrons. The Kier molecular flexibility index (Phi) is 3.61. The van der Waals surface area contributed by atoms with Gasteiger partial charge in [0.2, 0.25) is 0 Å². The quantitative estimate of drug-likeness (QED) is 0.797. The van der Waals surface area contributed by atoms with Crippen molar-refractivity contribution in [2.75, 3.05) is 7.11 Å². The number of hydrogen-bond acceptors (Lipinski definition) is 3. The average Bonchev–Trinajstić information content (AvgIpc) is 2.20. The molecule has 3 nitrogen and oxygen atoms in total. The van der Waals surface area contributed by atoms with E-state index in [9.17, 15) is 0 Å². The molecule has 0 saturated carbocycles. The number of hydrogen-bond donors (Lipinski definition) is 1. The zero-order valence-electron chi connectivity index (χ0n) is 9.24. The maximum Gasteiger partial charge on any atom is 0.0736 e. The highest BCUT2D eigenvalue weighted by Gasteiger charge is 2.14. The normalized spacial score (nSPS) is 15.2. The minimum absolute atomic E-state index is 0.0129. The monoisotopic (exact) mass is 194 g/mol. The topological polar surface area (TPSA) is 48.1 Å². The van der Waals surface area contributed by atoms with E-state index >= 15 is 0 Å². The molecule has 1 heterocycles. The van der Waals surface area contributed by atoms with Crippen molar-refractivity contribution in [1.29, 1.82) is 0 Å². The van der Waals surface area contributed by atoms with Gasteiger partial charge in [0.1, 0.15) is 0 Å². The fourth-order valence-corrected chi connectivity index (χ4v) is 1.26. The molecule has 0 aliphatic carbocycles. The highest BCUT2D eigenvalue weighted by Crippen LogP contribution is 2.17. The first-order valence-electron chi connectivity index (χ1n) is 4.77. The third kappa shape index (κ3) is 2.30. The lowest BCUT2D eigenvalue weighted by atomic mass is 10.0. The maximum absolute atomic E-state index is 6.00. The van der Waals surface area contributed by atoms with Gasteiger partial charge in [-0.15, -0.1) is 0 Å². The largest absolute Gasteiger partial charge is 0.380 e. The Balaban J connectivity index is 2.91. The molecule has 0 aromatic carbocycles. The van der Waals surface area contributed by atoms with Gasteiger partial charge in [-0.25, -0.2) is 0 Å². The smallest absolute Gasteiger partial charge is 0.0736 e. The van der Waals surface area contributed by atoms with Gasteiger partial charge < -0.3 is 10.5 Å². The number of nitrogens with two attached hydrogens (primary N) is 1. The van der Waals surface area contributed by atoms with Crippen molar-refractivity contribution in [3.8, 4) is 0 Å². The summed E-state index contributed by atoms with van der Waals surface area (Å²) in [6.45, 7) is 5.99. The molecule has 1 aromatic heterocycles. The Morgan fingerprint density at radius 2 is 2.07 bits per heavy atom. The van der Waals surface area contributed by atoms with E-state index in [1.54, 1.807) is 7.11 Å². The van der Waals surface area contributed by atoms with Crippen LogP contribution >= 0.6 is 0 Å². The highest BCUT2D eigenvalue weighted by atomic mass is 16.5. The number of ether oxygens (including phenoxy) is 1. The predicted molar refractivity (Wildman–Crippen MR) is 57.1 cm³/mol. The molecule has 0 aliphatic heterocycles. The summed E-state index contributed by atoms with van der Waals surface area (Å²) in [6.07, 6.45) is 1.83. The van der Waals surface area contributed by atoms with E-state index in [0.717, 1.165) is 11.3 Å². The van der Waals surface area contributed by atoms with E-state index in [2.05, 4.69) is 11.1 Å². The lowest BCUT2D eigenvalue weighted by Crippen LogP contribution is -2.25. The molecular formula is C11H18N2O. The van der Waals surface area contributed by atoms with Crippen LogP contribution in [0.1, 0.15) is 29.8 Å². The molecule has 0 aliphatic rings. The first kappa shape index (κ1) is 11.1. The number of aromatic nitrogens is 1. The minimum Gasteiger partial charge on any atom is -0.380 e. The molecule has 3 heteroatoms. The van der Waals surface area contributed by atoms with E-state index in [-0.39, 0.29) is 12.1 Å². The second-order valence-corrected chi connectivity index (χ2v) is 3.64. The molecule has 0 radical (unpaired) electrons. The van der Waals surface area contributed by atoms with Crippen LogP contribution in [-0.2, 0) is 4.74 Å². The third-order valence-electron chi connectivity index (χ3n) is 2.62. The summed E-state index contributed by atoms with van der Waals surface area (Å²) in [7, 11) is 1.67. The molecule has 2 unspecified atom stereocenters. The van der Waals surface area contributed by atoms with Crippen LogP contribution in [0.25, 0.3) is 0 Å². The van der Waals surface area contributed by atoms with Gasteiger partial charge in [0.25, 0.3) is 0 Å². The van der Waals surface area contributed by atoms with E-state index in [0.29, 0.717) is 0 Å². The van der Waals surface area contributed by atoms with Gasteiger partial charge in [-0.3, -0.25) is 4.98 Å². The van der Waals surface area contributed by atoms with Crippen LogP contribution in [0.15, 0.2) is 12.3 Å². The van der Waals surface area contributed by atoms with E-state index in [4.69, 9.17) is 10.5 Å². The number of pyridine rings is 1. The molecule has 0 spiro atoms. The Morgan fingerprint density at radius 1 is 1.43 bits per heavy atom. The summed E-state index contributed by atoms with van der Waals surface area (Å²) in [6, 6.07) is 1.97. The van der Waals surface area contributed by atoms with E-state index < -0.39 is 0 Å². The van der Waals surface area contributed by atoms with Crippen LogP contribution in [0, 0.1) is 13.8 Å². The summed E-state index contributed by atoms with van der Waals surface area (Å²) < 4.78 is 5.18. The van der Waals surface area contributed by atoms with Gasteiger partial charge >= 0.3 is 0 Å². The van der Waals surface area contributed by atoms with E-state index in [1.165, 1.54) is 5.56 Å². The van der Waals surface area contributed by atoms with Crippen LogP contribution in [0.4, 0.5) is 0 Å². The second-order valence-electron chi connectivity index (χ2n) is 3.64. The summed E-state index contributed by atoms with van der Waals surface area (Å²) >= 11 is 0. The van der Waals surface area contributed by atoms with E-state index in [1.807, 2.05) is 27.0 Å². The van der Waals surface area contributed by atoms with Gasteiger partial charge in [0.15, 0.2) is 0 Å². The summed E-state index contributed by atoms with van der Waals surface area (Å²) in [4.78, 5) is 4.28. The van der Waals surface area contributed by atoms with Crippen LogP contribution in [0.2, 0.25) is 0 Å². The lowest BCUT2D eigenvalue weighted by molar-refractivity contribution is 0.0955. The fourth-order valence-electron chi connectivity index (χ4n) is 1.26. The Morgan fingerprint density at radius 3 is 2.57 bits per heavy atom. The number of rotatable bonds is 3. The molecule has 0 saturated heterocycles. The zero-order valence-corrected chi connectivity index (χ0v) is 9.24. The van der Waals surface area contributed by atoms with Gasteiger partial charge in [0, 0.05) is 19.0 Å². The van der Waals surface area contributed by atoms with Crippen molar-refractivity contribution in [2.45, 2.75) is 32.9 Å². The maximum atomic E-state index is 6.00. The standard InChI is InChI=1S/C11H18N2O/c1-7-5-10(6-13-8(7)2)11(12)9(3)14-4/h5-6,9,11H,12H2,1-4H3. The van der Waals surface area contributed by atoms with Gasteiger partial charge in [-0.1, -0.05) is 6.07 Å². The molecule has 14 heavy (non-hydrogen) atoms. The van der Waals surface area contributed by atoms with Crippen molar-refractivity contribution in [3.05, 3.63) is 29.1 Å². The number of aryl methyl sites for hydroxylation is 2. The number of methoxy groups -OCH3 is 1. The Hall–Kier alpha value is -0.930. The minimum atomic E-state index is -0.105. The van der Waals surface area contributed by atoms with Crippen LogP contribution < -0.4 is 5.73 Å². The van der Waals surface area contributed by atoms with Gasteiger partial charge in [-0.05, 0) is 31.9 Å². The van der Waals surface area contributed by atoms with Crippen molar-refractivity contribution in [2.24, 2.45) is 5.73 Å². The van der Waals surface area contributed by atoms with Crippen LogP contribution in [0.5, 0.6) is 0 Å². The van der Waals surface area contributed by atoms with Crippen molar-refractivity contribution in [3.63, 3.8) is 0 Å². The first-order valence-corrected chi connectivity index (χ1v) is 4.77.